The van der Waals surface area contributed by atoms with Gasteiger partial charge in [-0.1, -0.05) is 0 Å². The zero-order valence-electron chi connectivity index (χ0n) is 6.67. The summed E-state index contributed by atoms with van der Waals surface area (Å²) in [5.74, 6) is -1.22. The second kappa shape index (κ2) is 3.42. The Kier molecular flexibility index (Phi) is 2.11. The van der Waals surface area contributed by atoms with Gasteiger partial charge in [-0.25, -0.2) is 9.78 Å². The fourth-order valence-electron chi connectivity index (χ4n) is 0.795. The van der Waals surface area contributed by atoms with Gasteiger partial charge in [-0.3, -0.25) is 5.32 Å². The Morgan fingerprint density at radius 3 is 3.14 bits per heavy atom. The van der Waals surface area contributed by atoms with E-state index in [1.807, 2.05) is 0 Å². The number of hydrogen-bond acceptors (Lipinski definition) is 7. The van der Waals surface area contributed by atoms with Crippen molar-refractivity contribution in [3.63, 3.8) is 0 Å². The van der Waals surface area contributed by atoms with E-state index >= 15 is 0 Å². The maximum absolute atomic E-state index is 10.6. The predicted octanol–water partition coefficient (Wildman–Crippen LogP) is 0.968. The SMILES string of the molecule is O=C(O)c1nnoc1Nc1nccs1. The van der Waals surface area contributed by atoms with Crippen LogP contribution >= 0.6 is 11.3 Å². The minimum atomic E-state index is -1.20. The number of rotatable bonds is 3. The van der Waals surface area contributed by atoms with Crippen molar-refractivity contribution in [1.82, 2.24) is 15.4 Å². The molecular weight excluding hydrogens is 208 g/mol. The average Bonchev–Trinajstić information content (AvgIpc) is 2.75. The summed E-state index contributed by atoms with van der Waals surface area (Å²) in [6.45, 7) is 0. The van der Waals surface area contributed by atoms with Gasteiger partial charge < -0.3 is 9.63 Å². The lowest BCUT2D eigenvalue weighted by atomic mass is 10.4. The standard InChI is InChI=1S/C6H4N4O3S/c11-5(12)3-4(13-10-9-3)8-6-7-1-2-14-6/h1-2H,(H,7,8)(H,11,12). The first-order valence-electron chi connectivity index (χ1n) is 3.49. The van der Waals surface area contributed by atoms with Gasteiger partial charge in [-0.05, 0) is 0 Å². The first kappa shape index (κ1) is 8.63. The van der Waals surface area contributed by atoms with Crippen molar-refractivity contribution in [1.29, 1.82) is 0 Å². The van der Waals surface area contributed by atoms with E-state index in [1.165, 1.54) is 11.3 Å². The van der Waals surface area contributed by atoms with Gasteiger partial charge in [0.2, 0.25) is 5.69 Å². The summed E-state index contributed by atoms with van der Waals surface area (Å²) in [4.78, 5) is 14.5. The van der Waals surface area contributed by atoms with Crippen molar-refractivity contribution in [2.24, 2.45) is 0 Å². The third-order valence-electron chi connectivity index (χ3n) is 1.34. The number of aromatic nitrogens is 3. The van der Waals surface area contributed by atoms with Crippen molar-refractivity contribution in [3.8, 4) is 0 Å². The Labute approximate surface area is 81.4 Å². The summed E-state index contributed by atoms with van der Waals surface area (Å²) in [5, 5.41) is 20.0. The molecule has 0 aliphatic heterocycles. The fourth-order valence-corrected chi connectivity index (χ4v) is 1.32. The lowest BCUT2D eigenvalue weighted by molar-refractivity contribution is 0.0691. The minimum absolute atomic E-state index is 0.0209. The summed E-state index contributed by atoms with van der Waals surface area (Å²) >= 11 is 1.31. The van der Waals surface area contributed by atoms with E-state index in [2.05, 4.69) is 25.2 Å². The molecule has 0 unspecified atom stereocenters. The highest BCUT2D eigenvalue weighted by Gasteiger charge is 2.17. The van der Waals surface area contributed by atoms with Gasteiger partial charge in [0.15, 0.2) is 5.13 Å². The third kappa shape index (κ3) is 1.55. The van der Waals surface area contributed by atoms with Crippen LogP contribution in [0.1, 0.15) is 10.5 Å². The van der Waals surface area contributed by atoms with Gasteiger partial charge in [0.1, 0.15) is 0 Å². The van der Waals surface area contributed by atoms with Crippen LogP contribution in [-0.4, -0.2) is 26.4 Å². The Hall–Kier alpha value is -1.96. The number of aromatic carboxylic acids is 1. The largest absolute Gasteiger partial charge is 0.476 e. The van der Waals surface area contributed by atoms with Crippen LogP contribution in [0.5, 0.6) is 0 Å². The Morgan fingerprint density at radius 2 is 2.50 bits per heavy atom. The highest BCUT2D eigenvalue weighted by Crippen LogP contribution is 2.20. The highest BCUT2D eigenvalue weighted by molar-refractivity contribution is 7.13. The van der Waals surface area contributed by atoms with Crippen molar-refractivity contribution in [2.45, 2.75) is 0 Å². The van der Waals surface area contributed by atoms with Gasteiger partial charge in [-0.2, -0.15) is 0 Å². The summed E-state index contributed by atoms with van der Waals surface area (Å²) < 4.78 is 4.61. The van der Waals surface area contributed by atoms with E-state index in [0.29, 0.717) is 5.13 Å². The van der Waals surface area contributed by atoms with Gasteiger partial charge in [-0.15, -0.1) is 16.4 Å². The van der Waals surface area contributed by atoms with Crippen LogP contribution in [0.4, 0.5) is 11.0 Å². The molecule has 0 aliphatic rings. The summed E-state index contributed by atoms with van der Waals surface area (Å²) in [6.07, 6.45) is 1.58. The van der Waals surface area contributed by atoms with Crippen LogP contribution in [0.15, 0.2) is 16.1 Å². The molecule has 0 amide bonds. The number of nitrogens with one attached hydrogen (secondary N) is 1. The zero-order chi connectivity index (χ0) is 9.97. The number of thiazole rings is 1. The van der Waals surface area contributed by atoms with Crippen molar-refractivity contribution in [3.05, 3.63) is 17.3 Å². The lowest BCUT2D eigenvalue weighted by Crippen LogP contribution is -2.01. The smallest absolute Gasteiger partial charge is 0.362 e. The van der Waals surface area contributed by atoms with Gasteiger partial charge in [0.05, 0.1) is 0 Å². The summed E-state index contributed by atoms with van der Waals surface area (Å²) in [5.41, 5.74) is -0.264. The normalized spacial score (nSPS) is 10.0. The number of nitrogens with zero attached hydrogens (tertiary/aromatic N) is 3. The quantitative estimate of drug-likeness (QED) is 0.781. The van der Waals surface area contributed by atoms with E-state index in [9.17, 15) is 4.79 Å². The molecule has 2 heterocycles. The zero-order valence-corrected chi connectivity index (χ0v) is 7.48. The molecule has 8 heteroatoms. The summed E-state index contributed by atoms with van der Waals surface area (Å²) in [6, 6.07) is 0. The predicted molar refractivity (Wildman–Crippen MR) is 46.7 cm³/mol. The fraction of sp³-hybridized carbons (Fsp3) is 0. The Bertz CT molecular complexity index is 438. The van der Waals surface area contributed by atoms with Crippen molar-refractivity contribution < 1.29 is 14.4 Å². The number of hydrogen-bond donors (Lipinski definition) is 2. The molecule has 0 fully saturated rings. The molecule has 0 aromatic carbocycles. The molecule has 2 rings (SSSR count). The van der Waals surface area contributed by atoms with Gasteiger partial charge in [0.25, 0.3) is 5.88 Å². The van der Waals surface area contributed by atoms with Crippen LogP contribution in [0.2, 0.25) is 0 Å². The number of anilines is 2. The van der Waals surface area contributed by atoms with Crippen molar-refractivity contribution >= 4 is 28.3 Å². The van der Waals surface area contributed by atoms with E-state index in [1.54, 1.807) is 11.6 Å². The Balaban J connectivity index is 2.25. The van der Waals surface area contributed by atoms with E-state index in [-0.39, 0.29) is 11.6 Å². The van der Waals surface area contributed by atoms with E-state index in [0.717, 1.165) is 0 Å². The van der Waals surface area contributed by atoms with E-state index in [4.69, 9.17) is 5.11 Å². The first-order valence-corrected chi connectivity index (χ1v) is 4.37. The lowest BCUT2D eigenvalue weighted by Gasteiger charge is -1.94. The molecule has 2 N–H and O–H groups in total. The van der Waals surface area contributed by atoms with Crippen LogP contribution in [-0.2, 0) is 0 Å². The van der Waals surface area contributed by atoms with Gasteiger partial charge >= 0.3 is 5.97 Å². The van der Waals surface area contributed by atoms with Crippen LogP contribution in [0, 0.1) is 0 Å². The number of carboxylic acids is 1. The number of carboxylic acid groups (broad SMARTS) is 1. The Morgan fingerprint density at radius 1 is 1.64 bits per heavy atom. The van der Waals surface area contributed by atoms with Gasteiger partial charge in [0, 0.05) is 16.8 Å². The molecule has 0 saturated carbocycles. The van der Waals surface area contributed by atoms with Crippen LogP contribution < -0.4 is 5.32 Å². The average molecular weight is 212 g/mol. The molecule has 14 heavy (non-hydrogen) atoms. The molecule has 2 aromatic heterocycles. The molecule has 0 spiro atoms. The highest BCUT2D eigenvalue weighted by atomic mass is 32.1. The maximum atomic E-state index is 10.6. The molecule has 0 radical (unpaired) electrons. The minimum Gasteiger partial charge on any atom is -0.476 e. The topological polar surface area (TPSA) is 101 Å². The molecule has 2 aromatic rings. The molecule has 0 saturated heterocycles. The monoisotopic (exact) mass is 212 g/mol. The molecule has 0 bridgehead atoms. The second-order valence-corrected chi connectivity index (χ2v) is 3.11. The van der Waals surface area contributed by atoms with E-state index < -0.39 is 5.97 Å². The molecule has 7 nitrogen and oxygen atoms in total. The molecule has 72 valence electrons. The summed E-state index contributed by atoms with van der Waals surface area (Å²) in [7, 11) is 0. The number of carbonyl (C=O) groups is 1. The molecule has 0 aliphatic carbocycles. The maximum Gasteiger partial charge on any atom is 0.362 e. The van der Waals surface area contributed by atoms with Crippen LogP contribution in [0.3, 0.4) is 0 Å². The molecular formula is C6H4N4O3S. The van der Waals surface area contributed by atoms with Crippen LogP contribution in [0.25, 0.3) is 0 Å². The van der Waals surface area contributed by atoms with Crippen molar-refractivity contribution in [2.75, 3.05) is 5.32 Å². The molecule has 0 atom stereocenters. The second-order valence-electron chi connectivity index (χ2n) is 2.22. The third-order valence-corrected chi connectivity index (χ3v) is 2.03. The first-order chi connectivity index (χ1) is 6.77.